The Morgan fingerprint density at radius 3 is 2.44 bits per heavy atom. The summed E-state index contributed by atoms with van der Waals surface area (Å²) in [6, 6.07) is 0.340. The number of amides is 3. The van der Waals surface area contributed by atoms with Crippen molar-refractivity contribution in [2.75, 3.05) is 41.3 Å². The molecule has 0 aromatic rings. The van der Waals surface area contributed by atoms with E-state index in [4.69, 9.17) is 0 Å². The highest BCUT2D eigenvalue weighted by Gasteiger charge is 2.48. The molecule has 0 spiro atoms. The van der Waals surface area contributed by atoms with Crippen LogP contribution < -0.4 is 5.32 Å². The molecule has 0 radical (unpaired) electrons. The number of likely N-dealkylation sites (tertiary alicyclic amines) is 2. The van der Waals surface area contributed by atoms with Crippen LogP contribution in [0.15, 0.2) is 0 Å². The number of hydrogen-bond acceptors (Lipinski definition) is 3. The van der Waals surface area contributed by atoms with E-state index in [9.17, 15) is 9.59 Å². The minimum atomic E-state index is -0.0402. The quantitative estimate of drug-likeness (QED) is 0.681. The summed E-state index contributed by atoms with van der Waals surface area (Å²) in [4.78, 5) is 29.3. The summed E-state index contributed by atoms with van der Waals surface area (Å²) in [7, 11) is 7.20. The summed E-state index contributed by atoms with van der Waals surface area (Å²) >= 11 is 0. The second-order valence-corrected chi connectivity index (χ2v) is 5.44. The molecule has 0 aromatic heterocycles. The molecule has 0 aromatic carbocycles. The van der Waals surface area contributed by atoms with Crippen molar-refractivity contribution < 1.29 is 9.59 Å². The lowest BCUT2D eigenvalue weighted by Gasteiger charge is -2.27. The van der Waals surface area contributed by atoms with Crippen molar-refractivity contribution >= 4 is 11.9 Å². The monoisotopic (exact) mass is 254 g/mol. The van der Waals surface area contributed by atoms with Gasteiger partial charge in [0.15, 0.2) is 0 Å². The van der Waals surface area contributed by atoms with Crippen LogP contribution in [0.4, 0.5) is 4.79 Å². The highest BCUT2D eigenvalue weighted by Crippen LogP contribution is 2.34. The van der Waals surface area contributed by atoms with Crippen molar-refractivity contribution in [3.05, 3.63) is 0 Å². The van der Waals surface area contributed by atoms with Crippen LogP contribution in [0.25, 0.3) is 0 Å². The maximum absolute atomic E-state index is 11.9. The summed E-state index contributed by atoms with van der Waals surface area (Å²) in [6.45, 7) is 1.49. The van der Waals surface area contributed by atoms with Crippen LogP contribution in [0.3, 0.4) is 0 Å². The van der Waals surface area contributed by atoms with Gasteiger partial charge in [0.05, 0.1) is 6.04 Å². The average molecular weight is 254 g/mol. The standard InChI is InChI=1S/C12H22N4O2/c1-13-11(17)9-5-8-6-16(12(18)14(2)3)7-10(8)15(9)4/h8-10H,5-7H2,1-4H3,(H,13,17)/t8-,9-,10+/m0/s1. The minimum Gasteiger partial charge on any atom is -0.358 e. The van der Waals surface area contributed by atoms with Crippen molar-refractivity contribution in [1.82, 2.24) is 20.0 Å². The topological polar surface area (TPSA) is 55.9 Å². The summed E-state index contributed by atoms with van der Waals surface area (Å²) in [5, 5.41) is 2.71. The van der Waals surface area contributed by atoms with E-state index in [2.05, 4.69) is 10.2 Å². The number of fused-ring (bicyclic) bond motifs is 1. The zero-order chi connectivity index (χ0) is 13.4. The normalized spacial score (nSPS) is 31.3. The van der Waals surface area contributed by atoms with Gasteiger partial charge in [-0.25, -0.2) is 4.79 Å². The van der Waals surface area contributed by atoms with Gasteiger partial charge in [0.25, 0.3) is 0 Å². The molecule has 0 aliphatic carbocycles. The van der Waals surface area contributed by atoms with Crippen LogP contribution in [-0.2, 0) is 4.79 Å². The molecule has 2 fully saturated rings. The minimum absolute atomic E-state index is 0.0402. The van der Waals surface area contributed by atoms with Crippen LogP contribution in [0.2, 0.25) is 0 Å². The third kappa shape index (κ3) is 2.05. The van der Waals surface area contributed by atoms with E-state index in [0.29, 0.717) is 12.0 Å². The summed E-state index contributed by atoms with van der Waals surface area (Å²) < 4.78 is 0. The second kappa shape index (κ2) is 4.76. The molecule has 1 N–H and O–H groups in total. The fourth-order valence-corrected chi connectivity index (χ4v) is 3.13. The van der Waals surface area contributed by atoms with Crippen molar-refractivity contribution in [1.29, 1.82) is 0 Å². The number of rotatable bonds is 1. The molecule has 0 unspecified atom stereocenters. The first-order valence-corrected chi connectivity index (χ1v) is 6.35. The van der Waals surface area contributed by atoms with Crippen molar-refractivity contribution in [3.63, 3.8) is 0 Å². The molecule has 3 atom stereocenters. The summed E-state index contributed by atoms with van der Waals surface area (Å²) in [6.07, 6.45) is 0.845. The molecule has 0 saturated carbocycles. The number of nitrogens with one attached hydrogen (secondary N) is 1. The van der Waals surface area contributed by atoms with E-state index < -0.39 is 0 Å². The van der Waals surface area contributed by atoms with Gasteiger partial charge in [-0.15, -0.1) is 0 Å². The van der Waals surface area contributed by atoms with Crippen LogP contribution in [-0.4, -0.2) is 80.0 Å². The van der Waals surface area contributed by atoms with Gasteiger partial charge in [0, 0.05) is 40.3 Å². The highest BCUT2D eigenvalue weighted by atomic mass is 16.2. The number of urea groups is 1. The van der Waals surface area contributed by atoms with E-state index in [1.165, 1.54) is 0 Å². The Hall–Kier alpha value is -1.30. The van der Waals surface area contributed by atoms with Gasteiger partial charge in [-0.2, -0.15) is 0 Å². The van der Waals surface area contributed by atoms with Crippen molar-refractivity contribution in [2.24, 2.45) is 5.92 Å². The molecule has 6 nitrogen and oxygen atoms in total. The first-order chi connectivity index (χ1) is 8.45. The molecule has 18 heavy (non-hydrogen) atoms. The summed E-state index contributed by atoms with van der Waals surface area (Å²) in [5.41, 5.74) is 0. The zero-order valence-electron chi connectivity index (χ0n) is 11.5. The van der Waals surface area contributed by atoms with Crippen LogP contribution in [0.1, 0.15) is 6.42 Å². The molecule has 2 aliphatic heterocycles. The number of carbonyl (C=O) groups excluding carboxylic acids is 2. The van der Waals surface area contributed by atoms with Crippen molar-refractivity contribution in [3.8, 4) is 0 Å². The fourth-order valence-electron chi connectivity index (χ4n) is 3.13. The Balaban J connectivity index is 2.01. The largest absolute Gasteiger partial charge is 0.358 e. The predicted molar refractivity (Wildman–Crippen MR) is 68.2 cm³/mol. The smallest absolute Gasteiger partial charge is 0.319 e. The van der Waals surface area contributed by atoms with Gasteiger partial charge in [-0.3, -0.25) is 9.69 Å². The van der Waals surface area contributed by atoms with Crippen LogP contribution in [0.5, 0.6) is 0 Å². The Morgan fingerprint density at radius 1 is 1.28 bits per heavy atom. The average Bonchev–Trinajstić information content (AvgIpc) is 2.87. The Morgan fingerprint density at radius 2 is 1.94 bits per heavy atom. The number of likely N-dealkylation sites (N-methyl/N-ethyl adjacent to an activating group) is 2. The third-order valence-corrected chi connectivity index (χ3v) is 4.15. The molecule has 3 amide bonds. The molecular formula is C12H22N4O2. The number of carbonyl (C=O) groups is 2. The van der Waals surface area contributed by atoms with E-state index in [-0.39, 0.29) is 18.0 Å². The molecule has 2 heterocycles. The van der Waals surface area contributed by atoms with Gasteiger partial charge in [-0.1, -0.05) is 0 Å². The maximum Gasteiger partial charge on any atom is 0.319 e. The SMILES string of the molecule is CNC(=O)[C@@H]1C[C@H]2CN(C(=O)N(C)C)C[C@H]2N1C. The Labute approximate surface area is 108 Å². The van der Waals surface area contributed by atoms with E-state index in [1.807, 2.05) is 11.9 Å². The van der Waals surface area contributed by atoms with Gasteiger partial charge >= 0.3 is 6.03 Å². The first-order valence-electron chi connectivity index (χ1n) is 6.35. The molecule has 6 heteroatoms. The van der Waals surface area contributed by atoms with E-state index in [0.717, 1.165) is 19.5 Å². The van der Waals surface area contributed by atoms with E-state index >= 15 is 0 Å². The second-order valence-electron chi connectivity index (χ2n) is 5.44. The number of hydrogen-bond donors (Lipinski definition) is 1. The van der Waals surface area contributed by atoms with Gasteiger partial charge in [0.1, 0.15) is 0 Å². The lowest BCUT2D eigenvalue weighted by Crippen LogP contribution is -2.46. The Bertz CT molecular complexity index is 358. The van der Waals surface area contributed by atoms with Crippen LogP contribution >= 0.6 is 0 Å². The first kappa shape index (κ1) is 13.1. The van der Waals surface area contributed by atoms with Gasteiger partial charge < -0.3 is 15.1 Å². The third-order valence-electron chi connectivity index (χ3n) is 4.15. The lowest BCUT2D eigenvalue weighted by molar-refractivity contribution is -0.125. The highest BCUT2D eigenvalue weighted by molar-refractivity contribution is 5.82. The lowest BCUT2D eigenvalue weighted by atomic mass is 10.0. The molecule has 2 rings (SSSR count). The Kier molecular flexibility index (Phi) is 3.47. The van der Waals surface area contributed by atoms with Crippen LogP contribution in [0, 0.1) is 5.92 Å². The molecule has 0 bridgehead atoms. The summed E-state index contributed by atoms with van der Waals surface area (Å²) in [5.74, 6) is 0.499. The van der Waals surface area contributed by atoms with E-state index in [1.54, 1.807) is 26.0 Å². The van der Waals surface area contributed by atoms with Crippen molar-refractivity contribution in [2.45, 2.75) is 18.5 Å². The maximum atomic E-state index is 11.9. The molecule has 102 valence electrons. The number of nitrogens with zero attached hydrogens (tertiary/aromatic N) is 3. The zero-order valence-corrected chi connectivity index (χ0v) is 11.5. The molecular weight excluding hydrogens is 232 g/mol. The van der Waals surface area contributed by atoms with Gasteiger partial charge in [0.2, 0.25) is 5.91 Å². The molecule has 2 aliphatic rings. The molecule has 2 saturated heterocycles. The fraction of sp³-hybridized carbons (Fsp3) is 0.833. The predicted octanol–water partition coefficient (Wildman–Crippen LogP) is -0.581. The van der Waals surface area contributed by atoms with Gasteiger partial charge in [-0.05, 0) is 19.4 Å².